The molecule has 0 spiro atoms. The predicted octanol–water partition coefficient (Wildman–Crippen LogP) is 3.24. The number of hydrogen-bond acceptors (Lipinski definition) is 3. The van der Waals surface area contributed by atoms with Gasteiger partial charge in [-0.05, 0) is 44.2 Å². The Hall–Kier alpha value is -2.37. The quantitative estimate of drug-likeness (QED) is 0.844. The first kappa shape index (κ1) is 19.9. The number of carbonyl (C=O) groups is 3. The maximum atomic E-state index is 13.0. The van der Waals surface area contributed by atoms with Gasteiger partial charge in [-0.1, -0.05) is 26.0 Å². The minimum absolute atomic E-state index is 0.100. The summed E-state index contributed by atoms with van der Waals surface area (Å²) in [5, 5.41) is 11.9. The molecule has 2 amide bonds. The summed E-state index contributed by atoms with van der Waals surface area (Å²) in [7, 11) is 0. The molecule has 1 aromatic carbocycles. The third kappa shape index (κ3) is 4.84. The number of benzene rings is 1. The van der Waals surface area contributed by atoms with E-state index >= 15 is 0 Å². The molecule has 142 valence electrons. The number of aliphatic carboxylic acids is 1. The van der Waals surface area contributed by atoms with Crippen molar-refractivity contribution in [2.45, 2.75) is 40.5 Å². The number of carboxylic acid groups (broad SMARTS) is 1. The molecule has 0 bridgehead atoms. The Balaban J connectivity index is 2.16. The number of rotatable bonds is 5. The molecule has 0 aliphatic carbocycles. The summed E-state index contributed by atoms with van der Waals surface area (Å²) in [6.07, 6.45) is 0.940. The maximum Gasteiger partial charge on any atom is 0.309 e. The van der Waals surface area contributed by atoms with E-state index in [1.165, 1.54) is 13.8 Å². The van der Waals surface area contributed by atoms with E-state index in [-0.39, 0.29) is 12.3 Å². The molecule has 2 atom stereocenters. The highest BCUT2D eigenvalue weighted by atomic mass is 16.4. The van der Waals surface area contributed by atoms with Gasteiger partial charge in [0, 0.05) is 19.5 Å². The number of amides is 2. The van der Waals surface area contributed by atoms with Crippen LogP contribution in [0.25, 0.3) is 0 Å². The van der Waals surface area contributed by atoms with Crippen LogP contribution < -0.4 is 5.32 Å². The number of nitrogens with zero attached hydrogens (tertiary/aromatic N) is 1. The Morgan fingerprint density at radius 3 is 2.31 bits per heavy atom. The third-order valence-electron chi connectivity index (χ3n) is 4.77. The molecule has 1 aromatic rings. The summed E-state index contributed by atoms with van der Waals surface area (Å²) in [4.78, 5) is 38.3. The molecule has 2 rings (SSSR count). The number of hydrogen-bond donors (Lipinski definition) is 2. The number of para-hydroxylation sites is 1. The highest BCUT2D eigenvalue weighted by molar-refractivity contribution is 6.04. The van der Waals surface area contributed by atoms with Crippen molar-refractivity contribution < 1.29 is 19.5 Å². The number of piperidine rings is 1. The lowest BCUT2D eigenvalue weighted by Gasteiger charge is -2.35. The van der Waals surface area contributed by atoms with Crippen LogP contribution in [0.4, 0.5) is 5.69 Å². The maximum absolute atomic E-state index is 13.0. The molecular weight excluding hydrogens is 332 g/mol. The van der Waals surface area contributed by atoms with E-state index in [9.17, 15) is 19.5 Å². The lowest BCUT2D eigenvalue weighted by Crippen LogP contribution is -2.42. The third-order valence-corrected chi connectivity index (χ3v) is 4.77. The number of likely N-dealkylation sites (tertiary alicyclic amines) is 1. The Bertz CT molecular complexity index is 689. The van der Waals surface area contributed by atoms with Crippen molar-refractivity contribution in [3.05, 3.63) is 29.8 Å². The molecule has 1 aliphatic heterocycles. The molecular formula is C20H28N2O4. The van der Waals surface area contributed by atoms with Gasteiger partial charge >= 0.3 is 5.97 Å². The summed E-state index contributed by atoms with van der Waals surface area (Å²) >= 11 is 0. The summed E-state index contributed by atoms with van der Waals surface area (Å²) in [6.45, 7) is 8.69. The standard InChI is InChI=1S/C20H28N2O4/c1-13-9-14(2)12-22(11-13)18(24)15-7-5-6-8-16(15)21-17(23)10-20(3,4)19(25)26/h5-8,13-14H,9-12H2,1-4H3,(H,21,23)(H,25,26)/t13-,14+. The van der Waals surface area contributed by atoms with Gasteiger partial charge in [0.25, 0.3) is 5.91 Å². The number of carboxylic acids is 1. The molecule has 1 saturated heterocycles. The zero-order valence-corrected chi connectivity index (χ0v) is 15.9. The van der Waals surface area contributed by atoms with E-state index in [0.29, 0.717) is 36.2 Å². The highest BCUT2D eigenvalue weighted by Crippen LogP contribution is 2.26. The number of anilines is 1. The highest BCUT2D eigenvalue weighted by Gasteiger charge is 2.31. The first-order valence-electron chi connectivity index (χ1n) is 9.01. The second kappa shape index (κ2) is 7.89. The second-order valence-corrected chi connectivity index (χ2v) is 8.12. The zero-order valence-electron chi connectivity index (χ0n) is 15.9. The molecule has 2 N–H and O–H groups in total. The minimum Gasteiger partial charge on any atom is -0.481 e. The van der Waals surface area contributed by atoms with Gasteiger partial charge in [-0.2, -0.15) is 0 Å². The molecule has 0 saturated carbocycles. The van der Waals surface area contributed by atoms with Gasteiger partial charge < -0.3 is 15.3 Å². The van der Waals surface area contributed by atoms with Crippen LogP contribution in [-0.2, 0) is 9.59 Å². The SMILES string of the molecule is C[C@@H]1C[C@H](C)CN(C(=O)c2ccccc2NC(=O)CC(C)(C)C(=O)O)C1. The smallest absolute Gasteiger partial charge is 0.309 e. The topological polar surface area (TPSA) is 86.7 Å². The van der Waals surface area contributed by atoms with E-state index in [1.807, 2.05) is 4.90 Å². The molecule has 0 radical (unpaired) electrons. The van der Waals surface area contributed by atoms with E-state index < -0.39 is 17.3 Å². The minimum atomic E-state index is -1.17. The first-order valence-corrected chi connectivity index (χ1v) is 9.01. The molecule has 0 aromatic heterocycles. The summed E-state index contributed by atoms with van der Waals surface area (Å²) in [5.41, 5.74) is -0.300. The van der Waals surface area contributed by atoms with Crippen LogP contribution in [0.2, 0.25) is 0 Å². The van der Waals surface area contributed by atoms with Crippen molar-refractivity contribution >= 4 is 23.5 Å². The van der Waals surface area contributed by atoms with Crippen LogP contribution in [0.3, 0.4) is 0 Å². The summed E-state index contributed by atoms with van der Waals surface area (Å²) < 4.78 is 0. The van der Waals surface area contributed by atoms with Crippen LogP contribution in [-0.4, -0.2) is 40.9 Å². The number of nitrogens with one attached hydrogen (secondary N) is 1. The molecule has 1 fully saturated rings. The van der Waals surface area contributed by atoms with Gasteiger partial charge in [-0.15, -0.1) is 0 Å². The van der Waals surface area contributed by atoms with Gasteiger partial charge in [0.05, 0.1) is 16.7 Å². The Kier molecular flexibility index (Phi) is 6.05. The summed E-state index contributed by atoms with van der Waals surface area (Å²) in [6, 6.07) is 6.89. The molecule has 26 heavy (non-hydrogen) atoms. The van der Waals surface area contributed by atoms with Gasteiger partial charge in [-0.25, -0.2) is 0 Å². The van der Waals surface area contributed by atoms with Gasteiger partial charge in [0.2, 0.25) is 5.91 Å². The van der Waals surface area contributed by atoms with Crippen molar-refractivity contribution in [1.29, 1.82) is 0 Å². The van der Waals surface area contributed by atoms with Crippen molar-refractivity contribution in [1.82, 2.24) is 4.90 Å². The van der Waals surface area contributed by atoms with Crippen LogP contribution >= 0.6 is 0 Å². The Morgan fingerprint density at radius 2 is 1.73 bits per heavy atom. The lowest BCUT2D eigenvalue weighted by molar-refractivity contribution is -0.148. The summed E-state index contributed by atoms with van der Waals surface area (Å²) in [5.74, 6) is -0.662. The molecule has 1 heterocycles. The van der Waals surface area contributed by atoms with E-state index in [0.717, 1.165) is 6.42 Å². The van der Waals surface area contributed by atoms with Crippen molar-refractivity contribution in [3.63, 3.8) is 0 Å². The molecule has 6 nitrogen and oxygen atoms in total. The van der Waals surface area contributed by atoms with Gasteiger partial charge in [-0.3, -0.25) is 14.4 Å². The van der Waals surface area contributed by atoms with Crippen molar-refractivity contribution in [2.75, 3.05) is 18.4 Å². The number of carbonyl (C=O) groups excluding carboxylic acids is 2. The van der Waals surface area contributed by atoms with Crippen LogP contribution in [0.15, 0.2) is 24.3 Å². The molecule has 0 unspecified atom stereocenters. The predicted molar refractivity (Wildman–Crippen MR) is 100.0 cm³/mol. The second-order valence-electron chi connectivity index (χ2n) is 8.12. The van der Waals surface area contributed by atoms with Crippen molar-refractivity contribution in [2.24, 2.45) is 17.3 Å². The normalized spacial score (nSPS) is 20.5. The van der Waals surface area contributed by atoms with Crippen LogP contribution in [0, 0.1) is 17.3 Å². The fraction of sp³-hybridized carbons (Fsp3) is 0.550. The fourth-order valence-electron chi connectivity index (χ4n) is 3.45. The van der Waals surface area contributed by atoms with Gasteiger partial charge in [0.1, 0.15) is 0 Å². The van der Waals surface area contributed by atoms with Crippen LogP contribution in [0.1, 0.15) is 50.9 Å². The fourth-order valence-corrected chi connectivity index (χ4v) is 3.45. The van der Waals surface area contributed by atoms with E-state index in [2.05, 4.69) is 19.2 Å². The van der Waals surface area contributed by atoms with E-state index in [4.69, 9.17) is 0 Å². The monoisotopic (exact) mass is 360 g/mol. The average molecular weight is 360 g/mol. The molecule has 6 heteroatoms. The van der Waals surface area contributed by atoms with Gasteiger partial charge in [0.15, 0.2) is 0 Å². The largest absolute Gasteiger partial charge is 0.481 e. The van der Waals surface area contributed by atoms with Crippen LogP contribution in [0.5, 0.6) is 0 Å². The van der Waals surface area contributed by atoms with E-state index in [1.54, 1.807) is 24.3 Å². The average Bonchev–Trinajstić information content (AvgIpc) is 2.53. The zero-order chi connectivity index (χ0) is 19.5. The molecule has 1 aliphatic rings. The lowest BCUT2D eigenvalue weighted by atomic mass is 9.89. The first-order chi connectivity index (χ1) is 12.1. The Labute approximate surface area is 154 Å². The Morgan fingerprint density at radius 1 is 1.15 bits per heavy atom. The van der Waals surface area contributed by atoms with Crippen molar-refractivity contribution in [3.8, 4) is 0 Å².